The summed E-state index contributed by atoms with van der Waals surface area (Å²) in [4.78, 5) is 3.18. The van der Waals surface area contributed by atoms with Gasteiger partial charge in [-0.05, 0) is 20.8 Å². The minimum atomic E-state index is 0.157. The van der Waals surface area contributed by atoms with Crippen molar-refractivity contribution in [3.63, 3.8) is 0 Å². The van der Waals surface area contributed by atoms with E-state index in [4.69, 9.17) is 12.2 Å². The van der Waals surface area contributed by atoms with Crippen molar-refractivity contribution >= 4 is 17.2 Å². The Bertz CT molecular complexity index is 176. The smallest absolute Gasteiger partial charge is 0.0862 e. The summed E-state index contributed by atoms with van der Waals surface area (Å²) in [5.74, 6) is 0. The van der Waals surface area contributed by atoms with Crippen molar-refractivity contribution in [3.05, 3.63) is 12.3 Å². The van der Waals surface area contributed by atoms with Gasteiger partial charge in [0.1, 0.15) is 0 Å². The molecular weight excluding hydrogens is 142 g/mol. The van der Waals surface area contributed by atoms with Crippen LogP contribution >= 0.6 is 12.2 Å². The number of hydrogen-bond acceptors (Lipinski definition) is 1. The summed E-state index contributed by atoms with van der Waals surface area (Å²) >= 11 is 5.15. The maximum Gasteiger partial charge on any atom is 0.0862 e. The number of nitrogens with zero attached hydrogens (tertiary/aromatic N) is 1. The van der Waals surface area contributed by atoms with Crippen molar-refractivity contribution in [1.29, 1.82) is 0 Å². The molecule has 0 saturated heterocycles. The molecule has 1 aliphatic heterocycles. The second-order valence-corrected chi connectivity index (χ2v) is 3.99. The van der Waals surface area contributed by atoms with E-state index in [2.05, 4.69) is 37.9 Å². The molecule has 1 heterocycles. The predicted octanol–water partition coefficient (Wildman–Crippen LogP) is 2.33. The molecular formula is C8H13NS. The molecule has 0 atom stereocenters. The summed E-state index contributed by atoms with van der Waals surface area (Å²) < 4.78 is 0. The molecule has 0 fully saturated rings. The molecule has 10 heavy (non-hydrogen) atoms. The fourth-order valence-corrected chi connectivity index (χ4v) is 1.47. The Labute approximate surface area is 67.7 Å². The summed E-state index contributed by atoms with van der Waals surface area (Å²) in [6.07, 6.45) is 5.11. The van der Waals surface area contributed by atoms with E-state index in [1.54, 1.807) is 0 Å². The highest BCUT2D eigenvalue weighted by Crippen LogP contribution is 2.20. The summed E-state index contributed by atoms with van der Waals surface area (Å²) in [5.41, 5.74) is 0.157. The van der Waals surface area contributed by atoms with Crippen LogP contribution in [0.15, 0.2) is 12.3 Å². The predicted molar refractivity (Wildman–Crippen MR) is 47.9 cm³/mol. The standard InChI is InChI=1S/C8H13NS/c1-8(2,3)9-6-4-5-7(9)10/h4,6H,5H2,1-3H3. The first kappa shape index (κ1) is 7.73. The number of rotatable bonds is 0. The summed E-state index contributed by atoms with van der Waals surface area (Å²) in [7, 11) is 0. The van der Waals surface area contributed by atoms with Gasteiger partial charge >= 0.3 is 0 Å². The third kappa shape index (κ3) is 1.37. The SMILES string of the molecule is CC(C)(C)N1C=CCC1=S. The Morgan fingerprint density at radius 3 is 2.30 bits per heavy atom. The zero-order valence-electron chi connectivity index (χ0n) is 6.72. The summed E-state index contributed by atoms with van der Waals surface area (Å²) in [5, 5.41) is 0. The Morgan fingerprint density at radius 2 is 2.10 bits per heavy atom. The van der Waals surface area contributed by atoms with Crippen molar-refractivity contribution in [1.82, 2.24) is 4.90 Å². The van der Waals surface area contributed by atoms with Crippen molar-refractivity contribution in [2.24, 2.45) is 0 Å². The Hall–Kier alpha value is -0.370. The van der Waals surface area contributed by atoms with Crippen molar-refractivity contribution in [3.8, 4) is 0 Å². The maximum atomic E-state index is 5.15. The van der Waals surface area contributed by atoms with Crippen LogP contribution in [0.25, 0.3) is 0 Å². The Morgan fingerprint density at radius 1 is 1.50 bits per heavy atom. The van der Waals surface area contributed by atoms with E-state index >= 15 is 0 Å². The normalized spacial score (nSPS) is 18.7. The quantitative estimate of drug-likeness (QED) is 0.494. The molecule has 56 valence electrons. The zero-order valence-corrected chi connectivity index (χ0v) is 7.53. The molecule has 1 rings (SSSR count). The van der Waals surface area contributed by atoms with Gasteiger partial charge in [0, 0.05) is 18.2 Å². The molecule has 2 heteroatoms. The third-order valence-electron chi connectivity index (χ3n) is 1.54. The number of thiocarbonyl (C=S) groups is 1. The van der Waals surface area contributed by atoms with Gasteiger partial charge in [-0.25, -0.2) is 0 Å². The molecule has 1 aliphatic rings. The first-order valence-electron chi connectivity index (χ1n) is 3.50. The lowest BCUT2D eigenvalue weighted by Gasteiger charge is -2.31. The van der Waals surface area contributed by atoms with Gasteiger partial charge in [-0.15, -0.1) is 0 Å². The molecule has 0 radical (unpaired) electrons. The van der Waals surface area contributed by atoms with Gasteiger partial charge < -0.3 is 4.90 Å². The molecule has 0 bridgehead atoms. The fraction of sp³-hybridized carbons (Fsp3) is 0.625. The average Bonchev–Trinajstić information content (AvgIpc) is 2.11. The first-order chi connectivity index (χ1) is 4.52. The second kappa shape index (κ2) is 2.35. The van der Waals surface area contributed by atoms with Gasteiger partial charge in [-0.3, -0.25) is 0 Å². The molecule has 1 nitrogen and oxygen atoms in total. The van der Waals surface area contributed by atoms with Gasteiger partial charge in [0.05, 0.1) is 4.99 Å². The van der Waals surface area contributed by atoms with Crippen LogP contribution in [-0.4, -0.2) is 15.4 Å². The lowest BCUT2D eigenvalue weighted by molar-refractivity contribution is 0.320. The van der Waals surface area contributed by atoms with Gasteiger partial charge in [0.25, 0.3) is 0 Å². The van der Waals surface area contributed by atoms with Crippen molar-refractivity contribution in [2.45, 2.75) is 32.7 Å². The van der Waals surface area contributed by atoms with Crippen LogP contribution in [0.2, 0.25) is 0 Å². The highest BCUT2D eigenvalue weighted by molar-refractivity contribution is 7.80. The highest BCUT2D eigenvalue weighted by Gasteiger charge is 2.23. The van der Waals surface area contributed by atoms with Crippen LogP contribution in [0.4, 0.5) is 0 Å². The number of hydrogen-bond donors (Lipinski definition) is 0. The summed E-state index contributed by atoms with van der Waals surface area (Å²) in [6.45, 7) is 6.48. The monoisotopic (exact) mass is 155 g/mol. The van der Waals surface area contributed by atoms with E-state index in [1.165, 1.54) is 0 Å². The Balaban J connectivity index is 2.73. The Kier molecular flexibility index (Phi) is 1.82. The van der Waals surface area contributed by atoms with E-state index in [1.807, 2.05) is 0 Å². The zero-order chi connectivity index (χ0) is 7.78. The first-order valence-corrected chi connectivity index (χ1v) is 3.91. The highest BCUT2D eigenvalue weighted by atomic mass is 32.1. The molecule has 0 spiro atoms. The molecule has 0 amide bonds. The average molecular weight is 155 g/mol. The van der Waals surface area contributed by atoms with E-state index in [9.17, 15) is 0 Å². The fourth-order valence-electron chi connectivity index (χ4n) is 1.04. The molecule has 0 aromatic rings. The van der Waals surface area contributed by atoms with Crippen molar-refractivity contribution in [2.75, 3.05) is 0 Å². The van der Waals surface area contributed by atoms with Crippen LogP contribution in [0.1, 0.15) is 27.2 Å². The topological polar surface area (TPSA) is 3.24 Å². The lowest BCUT2D eigenvalue weighted by Crippen LogP contribution is -2.38. The molecule has 0 aliphatic carbocycles. The van der Waals surface area contributed by atoms with Crippen molar-refractivity contribution < 1.29 is 0 Å². The van der Waals surface area contributed by atoms with E-state index in [-0.39, 0.29) is 5.54 Å². The second-order valence-electron chi connectivity index (χ2n) is 3.52. The largest absolute Gasteiger partial charge is 0.337 e. The van der Waals surface area contributed by atoms with Gasteiger partial charge in [0.15, 0.2) is 0 Å². The van der Waals surface area contributed by atoms with E-state index < -0.39 is 0 Å². The van der Waals surface area contributed by atoms with Gasteiger partial charge in [-0.2, -0.15) is 0 Å². The molecule has 0 aromatic carbocycles. The van der Waals surface area contributed by atoms with Crippen LogP contribution in [0, 0.1) is 0 Å². The third-order valence-corrected chi connectivity index (χ3v) is 1.90. The van der Waals surface area contributed by atoms with Crippen LogP contribution in [0.3, 0.4) is 0 Å². The van der Waals surface area contributed by atoms with Crippen LogP contribution in [0.5, 0.6) is 0 Å². The summed E-state index contributed by atoms with van der Waals surface area (Å²) in [6, 6.07) is 0. The van der Waals surface area contributed by atoms with Crippen LogP contribution < -0.4 is 0 Å². The van der Waals surface area contributed by atoms with Gasteiger partial charge in [-0.1, -0.05) is 18.3 Å². The minimum Gasteiger partial charge on any atom is -0.337 e. The van der Waals surface area contributed by atoms with E-state index in [0.29, 0.717) is 0 Å². The van der Waals surface area contributed by atoms with E-state index in [0.717, 1.165) is 11.4 Å². The van der Waals surface area contributed by atoms with Crippen LogP contribution in [-0.2, 0) is 0 Å². The molecule has 0 unspecified atom stereocenters. The molecule has 0 N–H and O–H groups in total. The molecule has 0 aromatic heterocycles. The van der Waals surface area contributed by atoms with Gasteiger partial charge in [0.2, 0.25) is 0 Å². The maximum absolute atomic E-state index is 5.15. The molecule has 0 saturated carbocycles. The lowest BCUT2D eigenvalue weighted by atomic mass is 10.1. The minimum absolute atomic E-state index is 0.157.